The first-order valence-electron chi connectivity index (χ1n) is 7.92. The van der Waals surface area contributed by atoms with Gasteiger partial charge in [0.05, 0.1) is 17.7 Å². The average Bonchev–Trinajstić information content (AvgIpc) is 3.26. The molecule has 0 bridgehead atoms. The van der Waals surface area contributed by atoms with Crippen LogP contribution in [0.4, 0.5) is 0 Å². The van der Waals surface area contributed by atoms with Crippen molar-refractivity contribution in [2.75, 3.05) is 13.2 Å². The van der Waals surface area contributed by atoms with E-state index in [1.165, 1.54) is 0 Å². The van der Waals surface area contributed by atoms with Crippen molar-refractivity contribution in [3.8, 4) is 5.75 Å². The summed E-state index contributed by atoms with van der Waals surface area (Å²) in [5, 5.41) is 5.04. The molecule has 0 saturated carbocycles. The van der Waals surface area contributed by atoms with Crippen LogP contribution in [0.3, 0.4) is 0 Å². The summed E-state index contributed by atoms with van der Waals surface area (Å²) in [4.78, 5) is 13.7. The fourth-order valence-corrected chi connectivity index (χ4v) is 3.36. The number of nitrogens with one attached hydrogen (secondary N) is 1. The molecule has 1 aromatic heterocycles. The van der Waals surface area contributed by atoms with Crippen molar-refractivity contribution in [2.45, 2.75) is 31.9 Å². The third kappa shape index (κ3) is 4.12. The molecule has 5 heteroatoms. The van der Waals surface area contributed by atoms with Gasteiger partial charge in [-0.05, 0) is 43.3 Å². The summed E-state index contributed by atoms with van der Waals surface area (Å²) in [5.74, 6) is 0.493. The van der Waals surface area contributed by atoms with E-state index in [0.29, 0.717) is 17.9 Å². The Labute approximate surface area is 140 Å². The number of hydrogen-bond acceptors (Lipinski definition) is 4. The zero-order valence-electron chi connectivity index (χ0n) is 13.2. The topological polar surface area (TPSA) is 47.6 Å². The Morgan fingerprint density at radius 2 is 2.26 bits per heavy atom. The van der Waals surface area contributed by atoms with Crippen molar-refractivity contribution in [1.29, 1.82) is 0 Å². The van der Waals surface area contributed by atoms with Gasteiger partial charge in [0.25, 0.3) is 5.91 Å². The molecule has 1 fully saturated rings. The van der Waals surface area contributed by atoms with Gasteiger partial charge in [-0.3, -0.25) is 4.79 Å². The van der Waals surface area contributed by atoms with Crippen molar-refractivity contribution in [1.82, 2.24) is 5.32 Å². The Morgan fingerprint density at radius 1 is 1.39 bits per heavy atom. The van der Waals surface area contributed by atoms with Gasteiger partial charge in [0, 0.05) is 11.5 Å². The highest BCUT2D eigenvalue weighted by Crippen LogP contribution is 2.23. The van der Waals surface area contributed by atoms with Crippen LogP contribution < -0.4 is 10.1 Å². The summed E-state index contributed by atoms with van der Waals surface area (Å²) >= 11 is 1.64. The lowest BCUT2D eigenvalue weighted by Crippen LogP contribution is -2.27. The molecule has 3 rings (SSSR count). The van der Waals surface area contributed by atoms with Gasteiger partial charge >= 0.3 is 0 Å². The summed E-state index contributed by atoms with van der Waals surface area (Å²) in [6.07, 6.45) is 2.23. The van der Waals surface area contributed by atoms with Gasteiger partial charge in [-0.25, -0.2) is 0 Å². The number of thiophene rings is 1. The largest absolute Gasteiger partial charge is 0.490 e. The van der Waals surface area contributed by atoms with Gasteiger partial charge in [0.1, 0.15) is 12.4 Å². The smallest absolute Gasteiger partial charge is 0.255 e. The number of para-hydroxylation sites is 1. The number of carbonyl (C=O) groups excluding carboxylic acids is 1. The summed E-state index contributed by atoms with van der Waals surface area (Å²) in [6.45, 7) is 3.28. The van der Waals surface area contributed by atoms with E-state index in [2.05, 4.69) is 5.32 Å². The minimum Gasteiger partial charge on any atom is -0.490 e. The van der Waals surface area contributed by atoms with Crippen LogP contribution in [0, 0.1) is 0 Å². The van der Waals surface area contributed by atoms with Gasteiger partial charge in [-0.2, -0.15) is 0 Å². The maximum Gasteiger partial charge on any atom is 0.255 e. The zero-order valence-corrected chi connectivity index (χ0v) is 14.0. The summed E-state index contributed by atoms with van der Waals surface area (Å²) in [5.41, 5.74) is 0.564. The summed E-state index contributed by atoms with van der Waals surface area (Å²) in [7, 11) is 0. The molecule has 0 unspecified atom stereocenters. The third-order valence-corrected chi connectivity index (χ3v) is 4.95. The van der Waals surface area contributed by atoms with Crippen LogP contribution in [0.5, 0.6) is 5.75 Å². The second-order valence-corrected chi connectivity index (χ2v) is 6.63. The molecule has 2 heterocycles. The van der Waals surface area contributed by atoms with Gasteiger partial charge in [0.2, 0.25) is 0 Å². The molecule has 2 atom stereocenters. The predicted octanol–water partition coefficient (Wildman–Crippen LogP) is 3.80. The molecule has 23 heavy (non-hydrogen) atoms. The van der Waals surface area contributed by atoms with E-state index in [1.807, 2.05) is 42.6 Å². The number of ether oxygens (including phenoxy) is 2. The molecule has 0 aliphatic carbocycles. The normalized spacial score (nSPS) is 18.6. The van der Waals surface area contributed by atoms with E-state index in [0.717, 1.165) is 24.3 Å². The summed E-state index contributed by atoms with van der Waals surface area (Å²) in [6, 6.07) is 11.3. The van der Waals surface area contributed by atoms with Gasteiger partial charge in [-0.15, -0.1) is 11.3 Å². The second kappa shape index (κ2) is 7.62. The van der Waals surface area contributed by atoms with Crippen molar-refractivity contribution < 1.29 is 14.3 Å². The highest BCUT2D eigenvalue weighted by molar-refractivity contribution is 7.10. The minimum atomic E-state index is -0.117. The van der Waals surface area contributed by atoms with E-state index in [1.54, 1.807) is 17.4 Å². The van der Waals surface area contributed by atoms with Crippen LogP contribution >= 0.6 is 11.3 Å². The Morgan fingerprint density at radius 3 is 3.00 bits per heavy atom. The van der Waals surface area contributed by atoms with Crippen LogP contribution in [0.1, 0.15) is 41.0 Å². The van der Waals surface area contributed by atoms with Crippen molar-refractivity contribution >= 4 is 17.2 Å². The molecule has 1 aliphatic rings. The van der Waals surface area contributed by atoms with Gasteiger partial charge in [0.15, 0.2) is 0 Å². The minimum absolute atomic E-state index is 0.0197. The standard InChI is InChI=1S/C18H21NO3S/c1-13(17-9-5-11-23-17)19-18(20)15-7-2-3-8-16(15)22-12-14-6-4-10-21-14/h2-3,5,7-9,11,13-14H,4,6,10,12H2,1H3,(H,19,20)/t13-,14-/m1/s1. The molecule has 4 nitrogen and oxygen atoms in total. The first-order valence-corrected chi connectivity index (χ1v) is 8.79. The van der Waals surface area contributed by atoms with Gasteiger partial charge in [-0.1, -0.05) is 18.2 Å². The monoisotopic (exact) mass is 331 g/mol. The number of amides is 1. The Hall–Kier alpha value is -1.85. The molecule has 1 aliphatic heterocycles. The molecular formula is C18H21NO3S. The van der Waals surface area contributed by atoms with E-state index < -0.39 is 0 Å². The molecule has 1 aromatic carbocycles. The van der Waals surface area contributed by atoms with E-state index in [9.17, 15) is 4.79 Å². The third-order valence-electron chi connectivity index (χ3n) is 3.90. The first kappa shape index (κ1) is 16.0. The van der Waals surface area contributed by atoms with Crippen molar-refractivity contribution in [2.24, 2.45) is 0 Å². The molecule has 0 radical (unpaired) electrons. The Bertz CT molecular complexity index is 635. The molecule has 1 amide bonds. The zero-order chi connectivity index (χ0) is 16.1. The van der Waals surface area contributed by atoms with E-state index in [-0.39, 0.29) is 18.1 Å². The number of hydrogen-bond donors (Lipinski definition) is 1. The summed E-state index contributed by atoms with van der Waals surface area (Å²) < 4.78 is 11.4. The lowest BCUT2D eigenvalue weighted by molar-refractivity contribution is 0.0670. The molecule has 1 saturated heterocycles. The molecule has 2 aromatic rings. The van der Waals surface area contributed by atoms with Crippen molar-refractivity contribution in [3.05, 3.63) is 52.2 Å². The Kier molecular flexibility index (Phi) is 5.31. The van der Waals surface area contributed by atoms with Crippen LogP contribution in [-0.4, -0.2) is 25.2 Å². The van der Waals surface area contributed by atoms with Crippen LogP contribution in [0.15, 0.2) is 41.8 Å². The fourth-order valence-electron chi connectivity index (χ4n) is 2.62. The Balaban J connectivity index is 1.65. The van der Waals surface area contributed by atoms with Gasteiger partial charge < -0.3 is 14.8 Å². The molecular weight excluding hydrogens is 310 g/mol. The lowest BCUT2D eigenvalue weighted by atomic mass is 10.1. The molecule has 0 spiro atoms. The van der Waals surface area contributed by atoms with Crippen LogP contribution in [0.2, 0.25) is 0 Å². The predicted molar refractivity (Wildman–Crippen MR) is 91.1 cm³/mol. The molecule has 122 valence electrons. The first-order chi connectivity index (χ1) is 11.2. The van der Waals surface area contributed by atoms with E-state index >= 15 is 0 Å². The highest BCUT2D eigenvalue weighted by atomic mass is 32.1. The number of benzene rings is 1. The maximum atomic E-state index is 12.5. The number of carbonyl (C=O) groups is 1. The second-order valence-electron chi connectivity index (χ2n) is 5.65. The van der Waals surface area contributed by atoms with E-state index in [4.69, 9.17) is 9.47 Å². The van der Waals surface area contributed by atoms with Crippen LogP contribution in [-0.2, 0) is 4.74 Å². The quantitative estimate of drug-likeness (QED) is 0.876. The van der Waals surface area contributed by atoms with Crippen LogP contribution in [0.25, 0.3) is 0 Å². The fraction of sp³-hybridized carbons (Fsp3) is 0.389. The highest BCUT2D eigenvalue weighted by Gasteiger charge is 2.19. The number of rotatable bonds is 6. The van der Waals surface area contributed by atoms with Crippen molar-refractivity contribution in [3.63, 3.8) is 0 Å². The SMILES string of the molecule is C[C@@H](NC(=O)c1ccccc1OC[C@H]1CCCO1)c1cccs1. The maximum absolute atomic E-state index is 12.5. The lowest BCUT2D eigenvalue weighted by Gasteiger charge is -2.16. The average molecular weight is 331 g/mol. The molecule has 1 N–H and O–H groups in total.